The van der Waals surface area contributed by atoms with Gasteiger partial charge in [0, 0.05) is 6.92 Å². The largest absolute Gasteiger partial charge is 0.478 e. The van der Waals surface area contributed by atoms with E-state index >= 15 is 0 Å². The number of hydrogen-bond acceptors (Lipinski definition) is 3. The third-order valence-electron chi connectivity index (χ3n) is 3.19. The van der Waals surface area contributed by atoms with Crippen molar-refractivity contribution >= 4 is 11.9 Å². The minimum absolute atomic E-state index is 0.262. The van der Waals surface area contributed by atoms with E-state index in [4.69, 9.17) is 4.74 Å². The quantitative estimate of drug-likeness (QED) is 0.870. The van der Waals surface area contributed by atoms with Gasteiger partial charge in [-0.1, -0.05) is 42.5 Å². The molecule has 1 unspecified atom stereocenters. The number of carbonyl (C=O) groups is 2. The predicted octanol–water partition coefficient (Wildman–Crippen LogP) is 3.68. The maximum absolute atomic E-state index is 11.2. The Hall–Kier alpha value is -2.62. The number of rotatable bonds is 4. The van der Waals surface area contributed by atoms with Gasteiger partial charge in [0.25, 0.3) is 0 Å². The van der Waals surface area contributed by atoms with Crippen molar-refractivity contribution in [3.05, 3.63) is 59.7 Å². The second kappa shape index (κ2) is 6.22. The van der Waals surface area contributed by atoms with Crippen molar-refractivity contribution in [2.45, 2.75) is 20.0 Å². The van der Waals surface area contributed by atoms with Crippen LogP contribution in [0.4, 0.5) is 0 Å². The molecule has 0 heterocycles. The summed E-state index contributed by atoms with van der Waals surface area (Å²) in [7, 11) is 0. The van der Waals surface area contributed by atoms with E-state index in [2.05, 4.69) is 0 Å². The van der Waals surface area contributed by atoms with Gasteiger partial charge in [-0.2, -0.15) is 0 Å². The van der Waals surface area contributed by atoms with E-state index in [1.165, 1.54) is 6.92 Å². The summed E-state index contributed by atoms with van der Waals surface area (Å²) < 4.78 is 5.11. The van der Waals surface area contributed by atoms with Crippen molar-refractivity contribution < 1.29 is 19.4 Å². The summed E-state index contributed by atoms with van der Waals surface area (Å²) in [5, 5.41) is 9.21. The lowest BCUT2D eigenvalue weighted by Gasteiger charge is -2.13. The van der Waals surface area contributed by atoms with Gasteiger partial charge in [-0.25, -0.2) is 4.79 Å². The van der Waals surface area contributed by atoms with Gasteiger partial charge >= 0.3 is 11.9 Å². The number of benzene rings is 2. The minimum atomic E-state index is -0.956. The first kappa shape index (κ1) is 14.8. The molecule has 0 radical (unpaired) electrons. The predicted molar refractivity (Wildman–Crippen MR) is 79.0 cm³/mol. The number of ether oxygens (including phenoxy) is 1. The second-order valence-electron chi connectivity index (χ2n) is 4.72. The lowest BCUT2D eigenvalue weighted by Crippen LogP contribution is -2.04. The number of esters is 1. The van der Waals surface area contributed by atoms with Crippen molar-refractivity contribution in [2.75, 3.05) is 0 Å². The molecule has 21 heavy (non-hydrogen) atoms. The van der Waals surface area contributed by atoms with Crippen LogP contribution in [0.5, 0.6) is 0 Å². The van der Waals surface area contributed by atoms with Crippen LogP contribution < -0.4 is 0 Å². The maximum atomic E-state index is 11.2. The number of aromatic carboxylic acids is 1. The minimum Gasteiger partial charge on any atom is -0.478 e. The molecule has 0 saturated heterocycles. The average molecular weight is 284 g/mol. The molecule has 0 bridgehead atoms. The maximum Gasteiger partial charge on any atom is 0.336 e. The van der Waals surface area contributed by atoms with Crippen LogP contribution >= 0.6 is 0 Å². The molecular weight excluding hydrogens is 268 g/mol. The monoisotopic (exact) mass is 284 g/mol. The molecule has 0 aliphatic heterocycles. The van der Waals surface area contributed by atoms with Gasteiger partial charge < -0.3 is 9.84 Å². The zero-order valence-electron chi connectivity index (χ0n) is 11.9. The third kappa shape index (κ3) is 3.48. The summed E-state index contributed by atoms with van der Waals surface area (Å²) in [6.07, 6.45) is -0.328. The SMILES string of the molecule is CC(=O)OC(C)c1ccc(-c2ccccc2C(=O)O)cc1. The molecule has 0 spiro atoms. The summed E-state index contributed by atoms with van der Waals surface area (Å²) in [6.45, 7) is 3.16. The molecule has 4 nitrogen and oxygen atoms in total. The molecule has 2 rings (SSSR count). The van der Waals surface area contributed by atoms with Crippen molar-refractivity contribution in [1.82, 2.24) is 0 Å². The Bertz CT molecular complexity index is 659. The molecule has 1 atom stereocenters. The number of carboxylic acid groups (broad SMARTS) is 1. The molecule has 108 valence electrons. The Balaban J connectivity index is 2.31. The van der Waals surface area contributed by atoms with Crippen LogP contribution in [-0.2, 0) is 9.53 Å². The van der Waals surface area contributed by atoms with E-state index in [1.54, 1.807) is 31.2 Å². The molecule has 0 aromatic heterocycles. The Labute approximate surface area is 123 Å². The van der Waals surface area contributed by atoms with E-state index in [-0.39, 0.29) is 17.6 Å². The molecule has 0 saturated carbocycles. The van der Waals surface area contributed by atoms with Crippen LogP contribution in [0.3, 0.4) is 0 Å². The smallest absolute Gasteiger partial charge is 0.336 e. The molecule has 1 N–H and O–H groups in total. The first-order valence-electron chi connectivity index (χ1n) is 6.59. The first-order valence-corrected chi connectivity index (χ1v) is 6.59. The number of carbonyl (C=O) groups excluding carboxylic acids is 1. The van der Waals surface area contributed by atoms with E-state index < -0.39 is 5.97 Å². The fraction of sp³-hybridized carbons (Fsp3) is 0.176. The Morgan fingerprint density at radius 1 is 1.05 bits per heavy atom. The summed E-state index contributed by atoms with van der Waals surface area (Å²) in [5.41, 5.74) is 2.60. The van der Waals surface area contributed by atoms with Crippen LogP contribution in [0.2, 0.25) is 0 Å². The van der Waals surface area contributed by atoms with Crippen molar-refractivity contribution in [2.24, 2.45) is 0 Å². The normalized spacial score (nSPS) is 11.7. The van der Waals surface area contributed by atoms with Gasteiger partial charge in [0.1, 0.15) is 6.10 Å². The summed E-state index contributed by atoms with van der Waals surface area (Å²) in [4.78, 5) is 22.2. The lowest BCUT2D eigenvalue weighted by atomic mass is 9.98. The molecular formula is C17H16O4. The second-order valence-corrected chi connectivity index (χ2v) is 4.72. The molecule has 0 amide bonds. The highest BCUT2D eigenvalue weighted by Gasteiger charge is 2.12. The highest BCUT2D eigenvalue weighted by molar-refractivity contribution is 5.95. The van der Waals surface area contributed by atoms with Crippen LogP contribution in [-0.4, -0.2) is 17.0 Å². The average Bonchev–Trinajstić information content (AvgIpc) is 2.46. The lowest BCUT2D eigenvalue weighted by molar-refractivity contribution is -0.145. The Morgan fingerprint density at radius 3 is 2.24 bits per heavy atom. The summed E-state index contributed by atoms with van der Waals surface area (Å²) in [6, 6.07) is 14.2. The first-order chi connectivity index (χ1) is 9.99. The van der Waals surface area contributed by atoms with Gasteiger partial charge in [0.2, 0.25) is 0 Å². The highest BCUT2D eigenvalue weighted by Crippen LogP contribution is 2.26. The Morgan fingerprint density at radius 2 is 1.67 bits per heavy atom. The van der Waals surface area contributed by atoms with Gasteiger partial charge in [-0.05, 0) is 29.7 Å². The van der Waals surface area contributed by atoms with E-state index in [0.717, 1.165) is 11.1 Å². The van der Waals surface area contributed by atoms with Crippen LogP contribution in [0.15, 0.2) is 48.5 Å². The fourth-order valence-corrected chi connectivity index (χ4v) is 2.17. The van der Waals surface area contributed by atoms with E-state index in [0.29, 0.717) is 5.56 Å². The fourth-order valence-electron chi connectivity index (χ4n) is 2.17. The van der Waals surface area contributed by atoms with Crippen molar-refractivity contribution in [3.8, 4) is 11.1 Å². The molecule has 0 aliphatic carbocycles. The van der Waals surface area contributed by atoms with E-state index in [9.17, 15) is 14.7 Å². The molecule has 2 aromatic carbocycles. The number of hydrogen-bond donors (Lipinski definition) is 1. The Kier molecular flexibility index (Phi) is 4.38. The van der Waals surface area contributed by atoms with E-state index in [1.807, 2.05) is 24.3 Å². The molecule has 0 fully saturated rings. The highest BCUT2D eigenvalue weighted by atomic mass is 16.5. The zero-order chi connectivity index (χ0) is 15.4. The van der Waals surface area contributed by atoms with Crippen molar-refractivity contribution in [1.29, 1.82) is 0 Å². The van der Waals surface area contributed by atoms with Crippen LogP contribution in [0, 0.1) is 0 Å². The molecule has 0 aliphatic rings. The molecule has 2 aromatic rings. The van der Waals surface area contributed by atoms with Crippen molar-refractivity contribution in [3.63, 3.8) is 0 Å². The third-order valence-corrected chi connectivity index (χ3v) is 3.19. The summed E-state index contributed by atoms with van der Waals surface area (Å²) in [5.74, 6) is -1.29. The molecule has 4 heteroatoms. The van der Waals surface area contributed by atoms with Gasteiger partial charge in [0.05, 0.1) is 5.56 Å². The van der Waals surface area contributed by atoms with Crippen LogP contribution in [0.25, 0.3) is 11.1 Å². The standard InChI is InChI=1S/C17H16O4/c1-11(21-12(2)18)13-7-9-14(10-8-13)15-5-3-4-6-16(15)17(19)20/h3-11H,1-2H3,(H,19,20). The van der Waals surface area contributed by atoms with Gasteiger partial charge in [0.15, 0.2) is 0 Å². The van der Waals surface area contributed by atoms with Gasteiger partial charge in [-0.3, -0.25) is 4.79 Å². The van der Waals surface area contributed by atoms with Crippen LogP contribution in [0.1, 0.15) is 35.9 Å². The zero-order valence-corrected chi connectivity index (χ0v) is 11.9. The topological polar surface area (TPSA) is 63.6 Å². The summed E-state index contributed by atoms with van der Waals surface area (Å²) >= 11 is 0. The van der Waals surface area contributed by atoms with Gasteiger partial charge in [-0.15, -0.1) is 0 Å². The number of carboxylic acids is 1.